The van der Waals surface area contributed by atoms with Crippen LogP contribution >= 0.6 is 0 Å². The summed E-state index contributed by atoms with van der Waals surface area (Å²) in [6.45, 7) is 0.658. The van der Waals surface area contributed by atoms with Crippen LogP contribution in [0, 0.1) is 5.82 Å². The molecule has 0 aliphatic heterocycles. The summed E-state index contributed by atoms with van der Waals surface area (Å²) in [5, 5.41) is 5.41. The molecule has 2 amide bonds. The number of nitrogens with one attached hydrogen (secondary N) is 2. The summed E-state index contributed by atoms with van der Waals surface area (Å²) in [6.07, 6.45) is 1.88. The average molecular weight is 315 g/mol. The lowest BCUT2D eigenvalue weighted by molar-refractivity contribution is -0.126. The molecular weight excluding hydrogens is 297 g/mol. The van der Waals surface area contributed by atoms with Gasteiger partial charge in [-0.1, -0.05) is 18.2 Å². The monoisotopic (exact) mass is 315 g/mol. The van der Waals surface area contributed by atoms with Crippen molar-refractivity contribution >= 4 is 11.8 Å². The quantitative estimate of drug-likeness (QED) is 0.820. The van der Waals surface area contributed by atoms with Gasteiger partial charge < -0.3 is 10.6 Å². The molecule has 0 radical (unpaired) electrons. The topological polar surface area (TPSA) is 71.1 Å². The lowest BCUT2D eigenvalue weighted by Gasteiger charge is -2.06. The highest BCUT2D eigenvalue weighted by molar-refractivity contribution is 5.83. The van der Waals surface area contributed by atoms with Crippen molar-refractivity contribution in [2.24, 2.45) is 0 Å². The largest absolute Gasteiger partial charge is 0.352 e. The van der Waals surface area contributed by atoms with E-state index < -0.39 is 0 Å². The van der Waals surface area contributed by atoms with Gasteiger partial charge in [-0.15, -0.1) is 0 Å². The van der Waals surface area contributed by atoms with E-state index in [1.807, 2.05) is 12.1 Å². The Kier molecular flexibility index (Phi) is 6.23. The van der Waals surface area contributed by atoms with Gasteiger partial charge in [0.2, 0.25) is 11.8 Å². The number of aromatic nitrogens is 1. The van der Waals surface area contributed by atoms with Crippen LogP contribution in [0.3, 0.4) is 0 Å². The zero-order valence-electron chi connectivity index (χ0n) is 12.6. The number of nitrogens with zero attached hydrogens (tertiary/aromatic N) is 1. The molecule has 0 spiro atoms. The van der Waals surface area contributed by atoms with Gasteiger partial charge in [0.25, 0.3) is 0 Å². The molecule has 23 heavy (non-hydrogen) atoms. The molecule has 0 aliphatic rings. The van der Waals surface area contributed by atoms with Gasteiger partial charge in [-0.25, -0.2) is 4.39 Å². The van der Waals surface area contributed by atoms with Crippen LogP contribution in [0.2, 0.25) is 0 Å². The van der Waals surface area contributed by atoms with Gasteiger partial charge in [0.15, 0.2) is 0 Å². The third kappa shape index (κ3) is 6.25. The summed E-state index contributed by atoms with van der Waals surface area (Å²) in [5.74, 6) is -0.737. The molecule has 0 bridgehead atoms. The van der Waals surface area contributed by atoms with E-state index in [4.69, 9.17) is 0 Å². The SMILES string of the molecule is O=C(CCC(=O)NCc1ccccn1)NCc1ccc(F)cc1. The molecule has 1 aromatic carbocycles. The molecule has 2 aromatic rings. The van der Waals surface area contributed by atoms with Crippen LogP contribution in [-0.2, 0) is 22.7 Å². The Morgan fingerprint density at radius 3 is 2.17 bits per heavy atom. The van der Waals surface area contributed by atoms with Crippen molar-refractivity contribution < 1.29 is 14.0 Å². The van der Waals surface area contributed by atoms with E-state index in [1.165, 1.54) is 12.1 Å². The number of pyridine rings is 1. The summed E-state index contributed by atoms with van der Waals surface area (Å²) in [4.78, 5) is 27.5. The Morgan fingerprint density at radius 1 is 0.913 bits per heavy atom. The molecule has 5 nitrogen and oxygen atoms in total. The number of hydrogen-bond donors (Lipinski definition) is 2. The lowest BCUT2D eigenvalue weighted by atomic mass is 10.2. The standard InChI is InChI=1S/C17H18FN3O2/c18-14-6-4-13(5-7-14)11-20-16(22)8-9-17(23)21-12-15-3-1-2-10-19-15/h1-7,10H,8-9,11-12H2,(H,20,22)(H,21,23). The van der Waals surface area contributed by atoms with E-state index in [0.717, 1.165) is 11.3 Å². The Hall–Kier alpha value is -2.76. The molecule has 2 rings (SSSR count). The highest BCUT2D eigenvalue weighted by Gasteiger charge is 2.07. The van der Waals surface area contributed by atoms with Gasteiger partial charge in [-0.2, -0.15) is 0 Å². The number of amides is 2. The van der Waals surface area contributed by atoms with E-state index in [2.05, 4.69) is 15.6 Å². The van der Waals surface area contributed by atoms with Crippen molar-refractivity contribution in [1.82, 2.24) is 15.6 Å². The number of benzene rings is 1. The second-order valence-corrected chi connectivity index (χ2v) is 5.00. The normalized spacial score (nSPS) is 10.1. The van der Waals surface area contributed by atoms with E-state index in [0.29, 0.717) is 13.1 Å². The number of carbonyl (C=O) groups is 2. The molecule has 0 fully saturated rings. The third-order valence-electron chi connectivity index (χ3n) is 3.17. The fourth-order valence-electron chi connectivity index (χ4n) is 1.90. The summed E-state index contributed by atoms with van der Waals surface area (Å²) in [6, 6.07) is 11.4. The predicted molar refractivity (Wildman–Crippen MR) is 83.6 cm³/mol. The summed E-state index contributed by atoms with van der Waals surface area (Å²) in [7, 11) is 0. The van der Waals surface area contributed by atoms with E-state index in [1.54, 1.807) is 24.4 Å². The minimum absolute atomic E-state index is 0.106. The van der Waals surface area contributed by atoms with E-state index >= 15 is 0 Å². The maximum atomic E-state index is 12.8. The summed E-state index contributed by atoms with van der Waals surface area (Å²) >= 11 is 0. The molecular formula is C17H18FN3O2. The van der Waals surface area contributed by atoms with Gasteiger partial charge in [-0.3, -0.25) is 14.6 Å². The first-order chi connectivity index (χ1) is 11.1. The molecule has 1 heterocycles. The van der Waals surface area contributed by atoms with Gasteiger partial charge >= 0.3 is 0 Å². The maximum absolute atomic E-state index is 12.8. The van der Waals surface area contributed by atoms with Crippen molar-refractivity contribution in [3.05, 3.63) is 65.7 Å². The minimum Gasteiger partial charge on any atom is -0.352 e. The van der Waals surface area contributed by atoms with Gasteiger partial charge in [0.05, 0.1) is 12.2 Å². The average Bonchev–Trinajstić information content (AvgIpc) is 2.58. The van der Waals surface area contributed by atoms with Crippen LogP contribution in [0.5, 0.6) is 0 Å². The minimum atomic E-state index is -0.315. The van der Waals surface area contributed by atoms with Crippen LogP contribution in [0.25, 0.3) is 0 Å². The molecule has 0 aliphatic carbocycles. The van der Waals surface area contributed by atoms with Gasteiger partial charge in [-0.05, 0) is 29.8 Å². The van der Waals surface area contributed by atoms with Crippen molar-refractivity contribution in [2.75, 3.05) is 0 Å². The summed E-state index contributed by atoms with van der Waals surface area (Å²) < 4.78 is 12.8. The molecule has 2 N–H and O–H groups in total. The maximum Gasteiger partial charge on any atom is 0.220 e. The molecule has 1 aromatic heterocycles. The highest BCUT2D eigenvalue weighted by atomic mass is 19.1. The Labute approximate surface area is 133 Å². The first-order valence-corrected chi connectivity index (χ1v) is 7.31. The predicted octanol–water partition coefficient (Wildman–Crippen LogP) is 1.93. The van der Waals surface area contributed by atoms with Crippen LogP contribution < -0.4 is 10.6 Å². The highest BCUT2D eigenvalue weighted by Crippen LogP contribution is 2.02. The first-order valence-electron chi connectivity index (χ1n) is 7.31. The first kappa shape index (κ1) is 16.6. The van der Waals surface area contributed by atoms with Gasteiger partial charge in [0.1, 0.15) is 5.82 Å². The number of hydrogen-bond acceptors (Lipinski definition) is 3. The summed E-state index contributed by atoms with van der Waals surface area (Å²) in [5.41, 5.74) is 1.57. The fourth-order valence-corrected chi connectivity index (χ4v) is 1.90. The molecule has 0 atom stereocenters. The van der Waals surface area contributed by atoms with E-state index in [-0.39, 0.29) is 30.5 Å². The van der Waals surface area contributed by atoms with E-state index in [9.17, 15) is 14.0 Å². The van der Waals surface area contributed by atoms with Crippen LogP contribution in [0.4, 0.5) is 4.39 Å². The third-order valence-corrected chi connectivity index (χ3v) is 3.17. The molecule has 6 heteroatoms. The van der Waals surface area contributed by atoms with Crippen molar-refractivity contribution in [3.8, 4) is 0 Å². The Morgan fingerprint density at radius 2 is 1.57 bits per heavy atom. The second-order valence-electron chi connectivity index (χ2n) is 5.00. The molecule has 0 saturated heterocycles. The second kappa shape index (κ2) is 8.63. The Bertz CT molecular complexity index is 645. The molecule has 120 valence electrons. The smallest absolute Gasteiger partial charge is 0.220 e. The van der Waals surface area contributed by atoms with Crippen molar-refractivity contribution in [1.29, 1.82) is 0 Å². The zero-order valence-corrected chi connectivity index (χ0v) is 12.6. The number of carbonyl (C=O) groups excluding carboxylic acids is 2. The zero-order chi connectivity index (χ0) is 16.5. The number of rotatable bonds is 7. The number of halogens is 1. The van der Waals surface area contributed by atoms with Crippen molar-refractivity contribution in [3.63, 3.8) is 0 Å². The molecule has 0 unspecified atom stereocenters. The van der Waals surface area contributed by atoms with Crippen molar-refractivity contribution in [2.45, 2.75) is 25.9 Å². The molecule has 0 saturated carbocycles. The Balaban J connectivity index is 1.63. The van der Waals surface area contributed by atoms with Crippen LogP contribution in [0.15, 0.2) is 48.7 Å². The fraction of sp³-hybridized carbons (Fsp3) is 0.235. The van der Waals surface area contributed by atoms with Crippen LogP contribution in [-0.4, -0.2) is 16.8 Å². The van der Waals surface area contributed by atoms with Gasteiger partial charge in [0, 0.05) is 25.6 Å². The lowest BCUT2D eigenvalue weighted by Crippen LogP contribution is -2.27. The van der Waals surface area contributed by atoms with Crippen LogP contribution in [0.1, 0.15) is 24.1 Å².